The van der Waals surface area contributed by atoms with Crippen LogP contribution in [-0.2, 0) is 25.8 Å². The van der Waals surface area contributed by atoms with Crippen LogP contribution >= 0.6 is 12.4 Å². The summed E-state index contributed by atoms with van der Waals surface area (Å²) in [5.74, 6) is -0.619. The Morgan fingerprint density at radius 1 is 1.05 bits per heavy atom. The molecule has 2 aromatic rings. The minimum Gasteiger partial charge on any atom is -0.349 e. The number of nitrogens with zero attached hydrogens (tertiary/aromatic N) is 2. The van der Waals surface area contributed by atoms with Crippen molar-refractivity contribution in [3.63, 3.8) is 0 Å². The average Bonchev–Trinajstić information content (AvgIpc) is 2.91. The monoisotopic (exact) mass is 617 g/mol. The van der Waals surface area contributed by atoms with Crippen LogP contribution in [0.5, 0.6) is 0 Å². The fraction of sp³-hybridized carbons (Fsp3) is 0.517. The van der Waals surface area contributed by atoms with Crippen molar-refractivity contribution in [2.24, 2.45) is 0 Å². The predicted molar refractivity (Wildman–Crippen MR) is 155 cm³/mol. The van der Waals surface area contributed by atoms with Crippen molar-refractivity contribution in [1.29, 1.82) is 0 Å². The summed E-state index contributed by atoms with van der Waals surface area (Å²) < 4.78 is 61.1. The second kappa shape index (κ2) is 15.6. The molecule has 0 spiro atoms. The van der Waals surface area contributed by atoms with Crippen molar-refractivity contribution in [2.45, 2.75) is 68.6 Å². The lowest BCUT2D eigenvalue weighted by Gasteiger charge is -2.38. The first-order valence-electron chi connectivity index (χ1n) is 13.6. The standard InChI is InChI=1S/C29H38F3N3O4S.ClH/c1-3-35(28(37)21-22-9-11-25(12-10-22)40(2,38)39)24-14-18-34(19-15-24)20-16-26(23-7-5-4-6-8-23)33-27(36)13-17-29(30,31)32;/h4-12,24,26H,3,13-21H2,1-2H3,(H,33,36);1H. The largest absolute Gasteiger partial charge is 0.389 e. The highest BCUT2D eigenvalue weighted by Crippen LogP contribution is 2.24. The average molecular weight is 618 g/mol. The topological polar surface area (TPSA) is 86.8 Å². The highest BCUT2D eigenvalue weighted by Gasteiger charge is 2.30. The van der Waals surface area contributed by atoms with E-state index in [0.29, 0.717) is 19.5 Å². The molecule has 1 aliphatic heterocycles. The Balaban J connectivity index is 0.00000588. The van der Waals surface area contributed by atoms with Crippen LogP contribution in [0.3, 0.4) is 0 Å². The van der Waals surface area contributed by atoms with Gasteiger partial charge in [-0.3, -0.25) is 9.59 Å². The number of hydrogen-bond donors (Lipinski definition) is 1. The van der Waals surface area contributed by atoms with Crippen molar-refractivity contribution in [3.8, 4) is 0 Å². The number of hydrogen-bond acceptors (Lipinski definition) is 5. The van der Waals surface area contributed by atoms with E-state index in [1.165, 1.54) is 12.1 Å². The van der Waals surface area contributed by atoms with Gasteiger partial charge < -0.3 is 15.1 Å². The molecule has 7 nitrogen and oxygen atoms in total. The van der Waals surface area contributed by atoms with Gasteiger partial charge in [0.15, 0.2) is 9.84 Å². The molecular formula is C29H39ClF3N3O4S. The van der Waals surface area contributed by atoms with Gasteiger partial charge in [-0.1, -0.05) is 42.5 Å². The van der Waals surface area contributed by atoms with E-state index in [0.717, 1.165) is 43.3 Å². The van der Waals surface area contributed by atoms with Crippen molar-refractivity contribution >= 4 is 34.1 Å². The molecule has 1 atom stereocenters. The number of piperidine rings is 1. The number of sulfone groups is 1. The molecule has 1 aliphatic rings. The van der Waals surface area contributed by atoms with Gasteiger partial charge in [0.1, 0.15) is 0 Å². The SMILES string of the molecule is CCN(C(=O)Cc1ccc(S(C)(=O)=O)cc1)C1CCN(CCC(NC(=O)CCC(F)(F)F)c2ccccc2)CC1.Cl. The number of benzene rings is 2. The number of amides is 2. The van der Waals surface area contributed by atoms with E-state index in [1.54, 1.807) is 12.1 Å². The summed E-state index contributed by atoms with van der Waals surface area (Å²) in [5.41, 5.74) is 1.61. The summed E-state index contributed by atoms with van der Waals surface area (Å²) in [7, 11) is -3.29. The van der Waals surface area contributed by atoms with E-state index in [1.807, 2.05) is 42.2 Å². The molecule has 0 radical (unpaired) electrons. The van der Waals surface area contributed by atoms with Crippen LogP contribution in [0.25, 0.3) is 0 Å². The number of carbonyl (C=O) groups excluding carboxylic acids is 2. The molecule has 1 saturated heterocycles. The van der Waals surface area contributed by atoms with Crippen LogP contribution in [0.1, 0.15) is 56.2 Å². The van der Waals surface area contributed by atoms with E-state index < -0.39 is 34.8 Å². The number of likely N-dealkylation sites (N-methyl/N-ethyl adjacent to an activating group) is 1. The number of carbonyl (C=O) groups is 2. The van der Waals surface area contributed by atoms with Gasteiger partial charge in [-0.2, -0.15) is 13.2 Å². The maximum Gasteiger partial charge on any atom is 0.389 e. The van der Waals surface area contributed by atoms with Gasteiger partial charge in [0.25, 0.3) is 0 Å². The van der Waals surface area contributed by atoms with Crippen LogP contribution in [0.15, 0.2) is 59.5 Å². The molecule has 0 aliphatic carbocycles. The Labute approximate surface area is 246 Å². The molecule has 228 valence electrons. The second-order valence-corrected chi connectivity index (χ2v) is 12.3. The number of alkyl halides is 3. The van der Waals surface area contributed by atoms with Crippen molar-refractivity contribution in [3.05, 3.63) is 65.7 Å². The highest BCUT2D eigenvalue weighted by molar-refractivity contribution is 7.90. The van der Waals surface area contributed by atoms with Gasteiger partial charge >= 0.3 is 6.18 Å². The lowest BCUT2D eigenvalue weighted by Crippen LogP contribution is -2.48. The Hall–Kier alpha value is -2.63. The summed E-state index contributed by atoms with van der Waals surface area (Å²) >= 11 is 0. The van der Waals surface area contributed by atoms with Gasteiger partial charge in [-0.05, 0) is 49.4 Å². The Bertz CT molecular complexity index is 1220. The lowest BCUT2D eigenvalue weighted by atomic mass is 9.99. The first-order chi connectivity index (χ1) is 18.9. The maximum atomic E-state index is 13.1. The van der Waals surface area contributed by atoms with Gasteiger partial charge in [0.05, 0.1) is 23.8 Å². The molecule has 0 bridgehead atoms. The van der Waals surface area contributed by atoms with E-state index in [9.17, 15) is 31.2 Å². The normalized spacial score (nSPS) is 15.5. The Morgan fingerprint density at radius 3 is 2.20 bits per heavy atom. The summed E-state index contributed by atoms with van der Waals surface area (Å²) in [6.45, 7) is 4.72. The maximum absolute atomic E-state index is 13.1. The second-order valence-electron chi connectivity index (χ2n) is 10.3. The molecule has 12 heteroatoms. The summed E-state index contributed by atoms with van der Waals surface area (Å²) in [6, 6.07) is 15.4. The zero-order valence-electron chi connectivity index (χ0n) is 23.4. The summed E-state index contributed by atoms with van der Waals surface area (Å²) in [5, 5.41) is 2.78. The van der Waals surface area contributed by atoms with Crippen molar-refractivity contribution in [2.75, 3.05) is 32.4 Å². The molecule has 1 unspecified atom stereocenters. The van der Waals surface area contributed by atoms with Crippen LogP contribution in [-0.4, -0.2) is 74.7 Å². The van der Waals surface area contributed by atoms with Crippen LogP contribution in [0.2, 0.25) is 0 Å². The molecular weight excluding hydrogens is 579 g/mol. The quantitative estimate of drug-likeness (QED) is 0.364. The van der Waals surface area contributed by atoms with Gasteiger partial charge in [0, 0.05) is 44.9 Å². The number of nitrogens with one attached hydrogen (secondary N) is 1. The molecule has 0 saturated carbocycles. The van der Waals surface area contributed by atoms with Crippen LogP contribution < -0.4 is 5.32 Å². The van der Waals surface area contributed by atoms with E-state index in [-0.39, 0.29) is 41.7 Å². The fourth-order valence-electron chi connectivity index (χ4n) is 5.06. The Kier molecular flexibility index (Phi) is 13.1. The van der Waals surface area contributed by atoms with Crippen molar-refractivity contribution < 1.29 is 31.2 Å². The fourth-order valence-corrected chi connectivity index (χ4v) is 5.69. The zero-order valence-corrected chi connectivity index (χ0v) is 25.0. The van der Waals surface area contributed by atoms with Crippen LogP contribution in [0.4, 0.5) is 13.2 Å². The van der Waals surface area contributed by atoms with Crippen LogP contribution in [0, 0.1) is 0 Å². The lowest BCUT2D eigenvalue weighted by molar-refractivity contribution is -0.144. The first kappa shape index (κ1) is 34.6. The molecule has 1 N–H and O–H groups in total. The Morgan fingerprint density at radius 2 is 1.66 bits per heavy atom. The third-order valence-electron chi connectivity index (χ3n) is 7.27. The van der Waals surface area contributed by atoms with E-state index in [2.05, 4.69) is 10.2 Å². The predicted octanol–water partition coefficient (Wildman–Crippen LogP) is 4.96. The van der Waals surface area contributed by atoms with Gasteiger partial charge in [-0.15, -0.1) is 12.4 Å². The van der Waals surface area contributed by atoms with Gasteiger partial charge in [0.2, 0.25) is 11.8 Å². The first-order valence-corrected chi connectivity index (χ1v) is 15.5. The molecule has 41 heavy (non-hydrogen) atoms. The highest BCUT2D eigenvalue weighted by atomic mass is 35.5. The molecule has 2 amide bonds. The molecule has 0 aromatic heterocycles. The smallest absolute Gasteiger partial charge is 0.349 e. The molecule has 1 heterocycles. The number of likely N-dealkylation sites (tertiary alicyclic amines) is 1. The minimum absolute atomic E-state index is 0. The third kappa shape index (κ3) is 11.3. The third-order valence-corrected chi connectivity index (χ3v) is 8.40. The number of rotatable bonds is 12. The van der Waals surface area contributed by atoms with E-state index >= 15 is 0 Å². The minimum atomic E-state index is -4.37. The van der Waals surface area contributed by atoms with Gasteiger partial charge in [-0.25, -0.2) is 8.42 Å². The summed E-state index contributed by atoms with van der Waals surface area (Å²) in [4.78, 5) is 29.7. The summed E-state index contributed by atoms with van der Waals surface area (Å²) in [6.07, 6.45) is -2.62. The van der Waals surface area contributed by atoms with Crippen molar-refractivity contribution in [1.82, 2.24) is 15.1 Å². The molecule has 1 fully saturated rings. The van der Waals surface area contributed by atoms with E-state index in [4.69, 9.17) is 0 Å². The zero-order chi connectivity index (χ0) is 29.3. The molecule has 2 aromatic carbocycles. The number of halogens is 4. The molecule has 3 rings (SSSR count).